The zero-order valence-corrected chi connectivity index (χ0v) is 8.10. The van der Waals surface area contributed by atoms with Crippen LogP contribution >= 0.6 is 0 Å². The standard InChI is InChI=1S/C11H8N2O2/c1-8-3-2-4-9(5-8)10-6-11(12-7-14)15-13-10/h2-6H,1H3. The summed E-state index contributed by atoms with van der Waals surface area (Å²) in [6, 6.07) is 9.42. The molecule has 0 aliphatic heterocycles. The Morgan fingerprint density at radius 3 is 3.00 bits per heavy atom. The molecule has 0 fully saturated rings. The lowest BCUT2D eigenvalue weighted by Crippen LogP contribution is -1.77. The topological polar surface area (TPSA) is 55.5 Å². The van der Waals surface area contributed by atoms with Crippen molar-refractivity contribution in [2.24, 2.45) is 4.99 Å². The van der Waals surface area contributed by atoms with Crippen molar-refractivity contribution in [2.75, 3.05) is 0 Å². The van der Waals surface area contributed by atoms with Gasteiger partial charge in [-0.05, 0) is 13.0 Å². The molecule has 1 heterocycles. The summed E-state index contributed by atoms with van der Waals surface area (Å²) in [5.41, 5.74) is 2.73. The number of aryl methyl sites for hydroxylation is 1. The van der Waals surface area contributed by atoms with Gasteiger partial charge in [-0.15, -0.1) is 4.99 Å². The van der Waals surface area contributed by atoms with Gasteiger partial charge in [0.25, 0.3) is 5.88 Å². The highest BCUT2D eigenvalue weighted by Gasteiger charge is 2.05. The van der Waals surface area contributed by atoms with Gasteiger partial charge in [0.2, 0.25) is 6.08 Å². The smallest absolute Gasteiger partial charge is 0.261 e. The maximum Gasteiger partial charge on any atom is 0.261 e. The zero-order valence-electron chi connectivity index (χ0n) is 8.10. The molecule has 15 heavy (non-hydrogen) atoms. The van der Waals surface area contributed by atoms with E-state index in [2.05, 4.69) is 10.1 Å². The van der Waals surface area contributed by atoms with Gasteiger partial charge in [0.1, 0.15) is 5.69 Å². The number of benzene rings is 1. The minimum atomic E-state index is 0.168. The maximum absolute atomic E-state index is 9.99. The molecule has 0 N–H and O–H groups in total. The summed E-state index contributed by atoms with van der Waals surface area (Å²) in [5.74, 6) is 0.168. The average molecular weight is 200 g/mol. The van der Waals surface area contributed by atoms with Gasteiger partial charge in [-0.3, -0.25) is 0 Å². The van der Waals surface area contributed by atoms with E-state index in [1.807, 2.05) is 31.2 Å². The second-order valence-electron chi connectivity index (χ2n) is 3.12. The SMILES string of the molecule is Cc1cccc(-c2cc(N=C=O)on2)c1. The third kappa shape index (κ3) is 2.00. The van der Waals surface area contributed by atoms with E-state index in [4.69, 9.17) is 4.52 Å². The Kier molecular flexibility index (Phi) is 2.44. The number of aliphatic imine (C=N–C) groups is 1. The van der Waals surface area contributed by atoms with E-state index in [-0.39, 0.29) is 5.88 Å². The maximum atomic E-state index is 9.99. The second-order valence-corrected chi connectivity index (χ2v) is 3.12. The summed E-state index contributed by atoms with van der Waals surface area (Å²) in [6.07, 6.45) is 1.40. The van der Waals surface area contributed by atoms with Crippen molar-refractivity contribution in [3.05, 3.63) is 35.9 Å². The number of rotatable bonds is 2. The van der Waals surface area contributed by atoms with Gasteiger partial charge in [-0.2, -0.15) is 0 Å². The molecule has 0 radical (unpaired) electrons. The molecule has 0 saturated carbocycles. The molecule has 0 bridgehead atoms. The van der Waals surface area contributed by atoms with Gasteiger partial charge < -0.3 is 4.52 Å². The van der Waals surface area contributed by atoms with Crippen molar-refractivity contribution in [3.63, 3.8) is 0 Å². The summed E-state index contributed by atoms with van der Waals surface area (Å²) >= 11 is 0. The number of carbonyl (C=O) groups excluding carboxylic acids is 1. The fourth-order valence-corrected chi connectivity index (χ4v) is 1.30. The van der Waals surface area contributed by atoms with Gasteiger partial charge in [0, 0.05) is 11.6 Å². The van der Waals surface area contributed by atoms with E-state index < -0.39 is 0 Å². The van der Waals surface area contributed by atoms with Crippen LogP contribution < -0.4 is 0 Å². The van der Waals surface area contributed by atoms with Gasteiger partial charge in [-0.1, -0.05) is 28.9 Å². The summed E-state index contributed by atoms with van der Waals surface area (Å²) in [7, 11) is 0. The number of aromatic nitrogens is 1. The Morgan fingerprint density at radius 2 is 2.27 bits per heavy atom. The lowest BCUT2D eigenvalue weighted by atomic mass is 10.1. The third-order valence-corrected chi connectivity index (χ3v) is 1.97. The molecule has 2 aromatic rings. The fraction of sp³-hybridized carbons (Fsp3) is 0.0909. The normalized spacial score (nSPS) is 9.67. The van der Waals surface area contributed by atoms with Crippen molar-refractivity contribution in [3.8, 4) is 11.3 Å². The molecule has 0 spiro atoms. The number of nitrogens with zero attached hydrogens (tertiary/aromatic N) is 2. The minimum absolute atomic E-state index is 0.168. The summed E-state index contributed by atoms with van der Waals surface area (Å²) in [6.45, 7) is 1.99. The van der Waals surface area contributed by atoms with Crippen LogP contribution in [-0.2, 0) is 4.79 Å². The van der Waals surface area contributed by atoms with E-state index in [1.54, 1.807) is 6.07 Å². The first-order valence-corrected chi connectivity index (χ1v) is 4.41. The Hall–Kier alpha value is -2.19. The molecule has 0 aliphatic rings. The predicted octanol–water partition coefficient (Wildman–Crippen LogP) is 2.62. The van der Waals surface area contributed by atoms with Crippen molar-refractivity contribution in [1.29, 1.82) is 0 Å². The van der Waals surface area contributed by atoms with Gasteiger partial charge >= 0.3 is 0 Å². The molecular formula is C11H8N2O2. The molecule has 1 aromatic heterocycles. The minimum Gasteiger partial charge on any atom is -0.335 e. The van der Waals surface area contributed by atoms with Crippen LogP contribution in [0.1, 0.15) is 5.56 Å². The van der Waals surface area contributed by atoms with E-state index >= 15 is 0 Å². The second kappa shape index (κ2) is 3.90. The van der Waals surface area contributed by atoms with Crippen molar-refractivity contribution in [1.82, 2.24) is 5.16 Å². The predicted molar refractivity (Wildman–Crippen MR) is 54.5 cm³/mol. The number of hydrogen-bond acceptors (Lipinski definition) is 4. The van der Waals surface area contributed by atoms with E-state index in [0.29, 0.717) is 5.69 Å². The number of hydrogen-bond donors (Lipinski definition) is 0. The van der Waals surface area contributed by atoms with Crippen LogP contribution in [-0.4, -0.2) is 11.2 Å². The lowest BCUT2D eigenvalue weighted by molar-refractivity contribution is 0.432. The van der Waals surface area contributed by atoms with Crippen LogP contribution in [0.15, 0.2) is 39.8 Å². The monoisotopic (exact) mass is 200 g/mol. The third-order valence-electron chi connectivity index (χ3n) is 1.97. The van der Waals surface area contributed by atoms with Crippen LogP contribution in [0.25, 0.3) is 11.3 Å². The Labute approximate surface area is 86.2 Å². The summed E-state index contributed by atoms with van der Waals surface area (Å²) in [4.78, 5) is 13.3. The van der Waals surface area contributed by atoms with Crippen LogP contribution in [0.2, 0.25) is 0 Å². The Morgan fingerprint density at radius 1 is 1.40 bits per heavy atom. The largest absolute Gasteiger partial charge is 0.335 e. The fourth-order valence-electron chi connectivity index (χ4n) is 1.30. The lowest BCUT2D eigenvalue weighted by Gasteiger charge is -1.95. The van der Waals surface area contributed by atoms with Crippen LogP contribution in [0.4, 0.5) is 5.88 Å². The van der Waals surface area contributed by atoms with Crippen molar-refractivity contribution >= 4 is 12.0 Å². The molecule has 1 aromatic carbocycles. The van der Waals surface area contributed by atoms with Gasteiger partial charge in [-0.25, -0.2) is 4.79 Å². The molecule has 4 nitrogen and oxygen atoms in total. The molecule has 0 unspecified atom stereocenters. The van der Waals surface area contributed by atoms with Gasteiger partial charge in [0.15, 0.2) is 0 Å². The molecule has 2 rings (SSSR count). The van der Waals surface area contributed by atoms with E-state index in [9.17, 15) is 4.79 Å². The van der Waals surface area contributed by atoms with E-state index in [0.717, 1.165) is 11.1 Å². The van der Waals surface area contributed by atoms with Crippen molar-refractivity contribution < 1.29 is 9.32 Å². The molecule has 0 saturated heterocycles. The first-order chi connectivity index (χ1) is 7.29. The quantitative estimate of drug-likeness (QED) is 0.553. The van der Waals surface area contributed by atoms with Gasteiger partial charge in [0.05, 0.1) is 0 Å². The van der Waals surface area contributed by atoms with Crippen LogP contribution in [0.5, 0.6) is 0 Å². The molecular weight excluding hydrogens is 192 g/mol. The first-order valence-electron chi connectivity index (χ1n) is 4.41. The van der Waals surface area contributed by atoms with E-state index in [1.165, 1.54) is 6.08 Å². The molecule has 0 atom stereocenters. The Bertz CT molecular complexity index is 525. The molecule has 4 heteroatoms. The highest BCUT2D eigenvalue weighted by molar-refractivity contribution is 5.62. The van der Waals surface area contributed by atoms with Crippen molar-refractivity contribution in [2.45, 2.75) is 6.92 Å². The van der Waals surface area contributed by atoms with Crippen LogP contribution in [0.3, 0.4) is 0 Å². The average Bonchev–Trinajstić information content (AvgIpc) is 2.67. The number of isocyanates is 1. The summed E-state index contributed by atoms with van der Waals surface area (Å²) < 4.78 is 4.82. The van der Waals surface area contributed by atoms with Crippen LogP contribution in [0, 0.1) is 6.92 Å². The molecule has 0 aliphatic carbocycles. The molecule has 0 amide bonds. The summed E-state index contributed by atoms with van der Waals surface area (Å²) in [5, 5.41) is 3.80. The molecule has 74 valence electrons. The Balaban J connectivity index is 2.41. The first kappa shape index (κ1) is 9.37. The zero-order chi connectivity index (χ0) is 10.7. The highest BCUT2D eigenvalue weighted by atomic mass is 16.5. The highest BCUT2D eigenvalue weighted by Crippen LogP contribution is 2.23.